The van der Waals surface area contributed by atoms with Crippen molar-refractivity contribution in [3.05, 3.63) is 68.3 Å². The van der Waals surface area contributed by atoms with Crippen LogP contribution in [0, 0.1) is 6.92 Å². The molecule has 3 heterocycles. The number of hydrogen-bond donors (Lipinski definition) is 2. The van der Waals surface area contributed by atoms with Crippen molar-refractivity contribution >= 4 is 17.2 Å². The number of likely N-dealkylation sites (tertiary alicyclic amines) is 1. The lowest BCUT2D eigenvalue weighted by atomic mass is 9.70. The van der Waals surface area contributed by atoms with E-state index in [0.717, 1.165) is 23.5 Å². The number of H-pyrrole nitrogens is 2. The molecule has 0 spiro atoms. The fourth-order valence-electron chi connectivity index (χ4n) is 3.98. The van der Waals surface area contributed by atoms with E-state index in [-0.39, 0.29) is 17.0 Å². The molecule has 1 aliphatic rings. The number of nitrogens with zero attached hydrogens (tertiary/aromatic N) is 3. The maximum Gasteiger partial charge on any atom is 0.340 e. The van der Waals surface area contributed by atoms with Crippen molar-refractivity contribution in [2.24, 2.45) is 0 Å². The molecule has 2 N–H and O–H groups in total. The predicted octanol–water partition coefficient (Wildman–Crippen LogP) is 2.40. The number of aromatic nitrogens is 4. The van der Waals surface area contributed by atoms with Crippen molar-refractivity contribution in [2.75, 3.05) is 13.1 Å². The Kier molecular flexibility index (Phi) is 5.13. The van der Waals surface area contributed by atoms with Crippen LogP contribution in [0.4, 0.5) is 0 Å². The van der Waals surface area contributed by atoms with Gasteiger partial charge in [0.15, 0.2) is 0 Å². The van der Waals surface area contributed by atoms with E-state index in [1.54, 1.807) is 11.3 Å². The Balaban J connectivity index is 1.47. The zero-order chi connectivity index (χ0) is 19.6. The van der Waals surface area contributed by atoms with Crippen LogP contribution in [0.15, 0.2) is 40.5 Å². The molecule has 0 atom stereocenters. The zero-order valence-electron chi connectivity index (χ0n) is 15.8. The van der Waals surface area contributed by atoms with Gasteiger partial charge < -0.3 is 4.90 Å². The summed E-state index contributed by atoms with van der Waals surface area (Å²) in [7, 11) is 0. The van der Waals surface area contributed by atoms with Crippen LogP contribution in [-0.2, 0) is 16.6 Å². The molecule has 0 aliphatic carbocycles. The number of aryl methyl sites for hydroxylation is 2. The van der Waals surface area contributed by atoms with Gasteiger partial charge >= 0.3 is 5.69 Å². The minimum Gasteiger partial charge on any atom is -0.343 e. The summed E-state index contributed by atoms with van der Waals surface area (Å²) < 4.78 is 0. The van der Waals surface area contributed by atoms with Crippen LogP contribution in [0.25, 0.3) is 0 Å². The van der Waals surface area contributed by atoms with E-state index in [2.05, 4.69) is 44.8 Å². The Bertz CT molecular complexity index is 999. The van der Waals surface area contributed by atoms with Gasteiger partial charge in [-0.25, -0.2) is 14.9 Å². The summed E-state index contributed by atoms with van der Waals surface area (Å²) in [6.07, 6.45) is 2.48. The topological polar surface area (TPSA) is 94.7 Å². The number of benzene rings is 1. The Morgan fingerprint density at radius 2 is 2.00 bits per heavy atom. The van der Waals surface area contributed by atoms with Gasteiger partial charge in [-0.1, -0.05) is 30.3 Å². The number of hydrogen-bond acceptors (Lipinski definition) is 5. The molecule has 7 nitrogen and oxygen atoms in total. The lowest BCUT2D eigenvalue weighted by molar-refractivity contribution is -0.132. The first-order valence-corrected chi connectivity index (χ1v) is 10.3. The molecule has 4 rings (SSSR count). The summed E-state index contributed by atoms with van der Waals surface area (Å²) in [6, 6.07) is 10.5. The van der Waals surface area contributed by atoms with E-state index in [1.165, 1.54) is 5.56 Å². The van der Waals surface area contributed by atoms with Crippen LogP contribution in [0.1, 0.15) is 41.4 Å². The molecule has 1 amide bonds. The quantitative estimate of drug-likeness (QED) is 0.691. The predicted molar refractivity (Wildman–Crippen MR) is 107 cm³/mol. The van der Waals surface area contributed by atoms with E-state index in [0.29, 0.717) is 31.8 Å². The fraction of sp³-hybridized carbons (Fsp3) is 0.400. The maximum absolute atomic E-state index is 12.6. The number of thiazole rings is 1. The first kappa shape index (κ1) is 18.6. The normalized spacial score (nSPS) is 16.2. The molecule has 1 saturated heterocycles. The molecule has 1 aromatic carbocycles. The zero-order valence-corrected chi connectivity index (χ0v) is 16.6. The molecule has 2 aromatic heterocycles. The van der Waals surface area contributed by atoms with Crippen molar-refractivity contribution in [3.63, 3.8) is 0 Å². The van der Waals surface area contributed by atoms with Gasteiger partial charge in [0.05, 0.1) is 10.7 Å². The number of carbonyl (C=O) groups is 1. The monoisotopic (exact) mass is 397 g/mol. The molecular weight excluding hydrogens is 374 g/mol. The van der Waals surface area contributed by atoms with Gasteiger partial charge in [0.2, 0.25) is 5.91 Å². The summed E-state index contributed by atoms with van der Waals surface area (Å²) in [5.41, 5.74) is 1.89. The number of amides is 1. The SMILES string of the molecule is Cc1nc(C2(c3ccccc3)CCN(C(=O)CCc3n[nH]c(=O)[nH]3)CC2)cs1. The van der Waals surface area contributed by atoms with Crippen LogP contribution in [0.3, 0.4) is 0 Å². The second-order valence-corrected chi connectivity index (χ2v) is 8.27. The van der Waals surface area contributed by atoms with Gasteiger partial charge in [-0.3, -0.25) is 9.78 Å². The molecule has 1 fully saturated rings. The van der Waals surface area contributed by atoms with Crippen LogP contribution in [-0.4, -0.2) is 44.1 Å². The lowest BCUT2D eigenvalue weighted by Gasteiger charge is -2.41. The number of rotatable bonds is 5. The first-order chi connectivity index (χ1) is 13.6. The van der Waals surface area contributed by atoms with Gasteiger partial charge in [0, 0.05) is 36.7 Å². The summed E-state index contributed by atoms with van der Waals surface area (Å²) in [5, 5.41) is 9.42. The third kappa shape index (κ3) is 3.64. The van der Waals surface area contributed by atoms with Crippen molar-refractivity contribution < 1.29 is 4.79 Å². The van der Waals surface area contributed by atoms with Crippen molar-refractivity contribution in [1.29, 1.82) is 0 Å². The third-order valence-corrected chi connectivity index (χ3v) is 6.30. The molecular formula is C20H23N5O2S. The van der Waals surface area contributed by atoms with Gasteiger partial charge in [0.1, 0.15) is 5.82 Å². The molecule has 8 heteroatoms. The van der Waals surface area contributed by atoms with Crippen LogP contribution in [0.2, 0.25) is 0 Å². The second-order valence-electron chi connectivity index (χ2n) is 7.21. The molecule has 28 heavy (non-hydrogen) atoms. The van der Waals surface area contributed by atoms with Gasteiger partial charge in [-0.2, -0.15) is 5.10 Å². The third-order valence-electron chi connectivity index (χ3n) is 5.53. The van der Waals surface area contributed by atoms with Crippen molar-refractivity contribution in [2.45, 2.75) is 38.0 Å². The molecule has 0 saturated carbocycles. The smallest absolute Gasteiger partial charge is 0.340 e. The first-order valence-electron chi connectivity index (χ1n) is 9.46. The molecule has 0 unspecified atom stereocenters. The summed E-state index contributed by atoms with van der Waals surface area (Å²) in [4.78, 5) is 33.1. The highest BCUT2D eigenvalue weighted by atomic mass is 32.1. The highest BCUT2D eigenvalue weighted by Crippen LogP contribution is 2.42. The van der Waals surface area contributed by atoms with Crippen molar-refractivity contribution in [1.82, 2.24) is 25.1 Å². The molecule has 3 aromatic rings. The highest BCUT2D eigenvalue weighted by Gasteiger charge is 2.40. The number of carbonyl (C=O) groups excluding carboxylic acids is 1. The lowest BCUT2D eigenvalue weighted by Crippen LogP contribution is -2.46. The van der Waals surface area contributed by atoms with Gasteiger partial charge in [-0.15, -0.1) is 11.3 Å². The standard InChI is InChI=1S/C20H23N5O2S/c1-14-21-16(13-28-14)20(15-5-3-2-4-6-15)9-11-25(12-10-20)18(26)8-7-17-22-19(27)24-23-17/h2-6,13H,7-12H2,1H3,(H2,22,23,24,27). The van der Waals surface area contributed by atoms with E-state index >= 15 is 0 Å². The summed E-state index contributed by atoms with van der Waals surface area (Å²) in [6.45, 7) is 3.42. The highest BCUT2D eigenvalue weighted by molar-refractivity contribution is 7.09. The second kappa shape index (κ2) is 7.71. The van der Waals surface area contributed by atoms with Gasteiger partial charge in [-0.05, 0) is 25.3 Å². The minimum absolute atomic E-state index is 0.0972. The van der Waals surface area contributed by atoms with E-state index in [4.69, 9.17) is 4.98 Å². The maximum atomic E-state index is 12.6. The van der Waals surface area contributed by atoms with Gasteiger partial charge in [0.25, 0.3) is 0 Å². The minimum atomic E-state index is -0.341. The Morgan fingerprint density at radius 1 is 1.25 bits per heavy atom. The molecule has 146 valence electrons. The molecule has 0 bridgehead atoms. The van der Waals surface area contributed by atoms with E-state index in [1.807, 2.05) is 17.9 Å². The Hall–Kier alpha value is -2.74. The van der Waals surface area contributed by atoms with E-state index < -0.39 is 0 Å². The number of nitrogens with one attached hydrogen (secondary N) is 2. The number of aromatic amines is 2. The van der Waals surface area contributed by atoms with Crippen LogP contribution in [0.5, 0.6) is 0 Å². The molecule has 0 radical (unpaired) electrons. The van der Waals surface area contributed by atoms with Crippen LogP contribution >= 0.6 is 11.3 Å². The fourth-order valence-corrected chi connectivity index (χ4v) is 4.69. The number of piperidine rings is 1. The average molecular weight is 398 g/mol. The Morgan fingerprint density at radius 3 is 2.61 bits per heavy atom. The van der Waals surface area contributed by atoms with E-state index in [9.17, 15) is 9.59 Å². The molecule has 1 aliphatic heterocycles. The van der Waals surface area contributed by atoms with Crippen molar-refractivity contribution in [3.8, 4) is 0 Å². The van der Waals surface area contributed by atoms with Crippen LogP contribution < -0.4 is 5.69 Å². The average Bonchev–Trinajstić information content (AvgIpc) is 3.35. The summed E-state index contributed by atoms with van der Waals surface area (Å²) in [5.74, 6) is 0.618. The summed E-state index contributed by atoms with van der Waals surface area (Å²) >= 11 is 1.68. The largest absolute Gasteiger partial charge is 0.343 e. The Labute approximate surface area is 166 Å².